The molecule has 1 unspecified atom stereocenters. The van der Waals surface area contributed by atoms with Crippen molar-refractivity contribution in [2.75, 3.05) is 33.2 Å². The summed E-state index contributed by atoms with van der Waals surface area (Å²) in [5, 5.41) is 3.41. The minimum absolute atomic E-state index is 0.278. The van der Waals surface area contributed by atoms with Gasteiger partial charge in [0.05, 0.1) is 12.6 Å². The maximum atomic E-state index is 5.87. The van der Waals surface area contributed by atoms with Crippen LogP contribution in [-0.2, 0) is 9.47 Å². The van der Waals surface area contributed by atoms with Crippen molar-refractivity contribution in [3.8, 4) is 5.75 Å². The van der Waals surface area contributed by atoms with Gasteiger partial charge in [-0.25, -0.2) is 0 Å². The molecule has 1 rings (SSSR count). The van der Waals surface area contributed by atoms with Gasteiger partial charge in [-0.2, -0.15) is 0 Å². The molecule has 1 atom stereocenters. The number of nitrogens with one attached hydrogen (secondary N) is 1. The maximum absolute atomic E-state index is 5.87. The SMILES string of the molecule is COc1ccc(NC(C)(CN)CC(OC)OC)cc1. The summed E-state index contributed by atoms with van der Waals surface area (Å²) in [5.41, 5.74) is 6.56. The lowest BCUT2D eigenvalue weighted by atomic mass is 9.97. The average Bonchev–Trinajstić information content (AvgIpc) is 2.45. The zero-order valence-corrected chi connectivity index (χ0v) is 12.1. The summed E-state index contributed by atoms with van der Waals surface area (Å²) in [6.45, 7) is 2.52. The van der Waals surface area contributed by atoms with E-state index in [0.29, 0.717) is 13.0 Å². The molecule has 0 fully saturated rings. The van der Waals surface area contributed by atoms with Crippen LogP contribution in [0.5, 0.6) is 5.75 Å². The Morgan fingerprint density at radius 2 is 1.74 bits per heavy atom. The van der Waals surface area contributed by atoms with E-state index >= 15 is 0 Å². The fourth-order valence-electron chi connectivity index (χ4n) is 1.84. The van der Waals surface area contributed by atoms with E-state index in [1.807, 2.05) is 31.2 Å². The van der Waals surface area contributed by atoms with Gasteiger partial charge in [0.1, 0.15) is 5.75 Å². The van der Waals surface area contributed by atoms with Crippen LogP contribution in [0.4, 0.5) is 5.69 Å². The zero-order chi connectivity index (χ0) is 14.3. The van der Waals surface area contributed by atoms with Crippen LogP contribution in [0.3, 0.4) is 0 Å². The fraction of sp³-hybridized carbons (Fsp3) is 0.571. The second kappa shape index (κ2) is 7.33. The Hall–Kier alpha value is -1.30. The first-order valence-corrected chi connectivity index (χ1v) is 6.25. The highest BCUT2D eigenvalue weighted by atomic mass is 16.7. The Kier molecular flexibility index (Phi) is 6.08. The van der Waals surface area contributed by atoms with Crippen LogP contribution in [0.2, 0.25) is 0 Å². The van der Waals surface area contributed by atoms with Crippen LogP contribution in [0.25, 0.3) is 0 Å². The predicted molar refractivity (Wildman–Crippen MR) is 76.5 cm³/mol. The average molecular weight is 268 g/mol. The van der Waals surface area contributed by atoms with Gasteiger partial charge >= 0.3 is 0 Å². The second-order valence-corrected chi connectivity index (χ2v) is 4.72. The highest BCUT2D eigenvalue weighted by Crippen LogP contribution is 2.22. The molecule has 0 amide bonds. The summed E-state index contributed by atoms with van der Waals surface area (Å²) in [5.74, 6) is 0.826. The first kappa shape index (κ1) is 15.8. The van der Waals surface area contributed by atoms with Crippen LogP contribution in [0.15, 0.2) is 24.3 Å². The van der Waals surface area contributed by atoms with E-state index in [4.69, 9.17) is 19.9 Å². The van der Waals surface area contributed by atoms with Crippen molar-refractivity contribution < 1.29 is 14.2 Å². The smallest absolute Gasteiger partial charge is 0.159 e. The molecule has 0 aliphatic heterocycles. The van der Waals surface area contributed by atoms with Gasteiger partial charge in [-0.05, 0) is 31.2 Å². The van der Waals surface area contributed by atoms with Crippen molar-refractivity contribution in [2.24, 2.45) is 5.73 Å². The monoisotopic (exact) mass is 268 g/mol. The van der Waals surface area contributed by atoms with Gasteiger partial charge < -0.3 is 25.3 Å². The third-order valence-corrected chi connectivity index (χ3v) is 3.13. The molecule has 108 valence electrons. The molecule has 5 heteroatoms. The number of nitrogens with two attached hydrogens (primary N) is 1. The zero-order valence-electron chi connectivity index (χ0n) is 12.1. The normalized spacial score (nSPS) is 14.2. The number of hydrogen-bond donors (Lipinski definition) is 2. The lowest BCUT2D eigenvalue weighted by Gasteiger charge is -2.33. The lowest BCUT2D eigenvalue weighted by Crippen LogP contribution is -2.45. The van der Waals surface area contributed by atoms with Crippen molar-refractivity contribution in [3.63, 3.8) is 0 Å². The molecule has 0 spiro atoms. The second-order valence-electron chi connectivity index (χ2n) is 4.72. The van der Waals surface area contributed by atoms with E-state index < -0.39 is 0 Å². The topological polar surface area (TPSA) is 65.7 Å². The van der Waals surface area contributed by atoms with Gasteiger partial charge in [0.25, 0.3) is 0 Å². The Labute approximate surface area is 115 Å². The van der Waals surface area contributed by atoms with Gasteiger partial charge in [-0.3, -0.25) is 0 Å². The van der Waals surface area contributed by atoms with E-state index in [-0.39, 0.29) is 11.8 Å². The van der Waals surface area contributed by atoms with Gasteiger partial charge in [0, 0.05) is 32.9 Å². The number of methoxy groups -OCH3 is 3. The molecule has 0 aromatic heterocycles. The van der Waals surface area contributed by atoms with Gasteiger partial charge in [0.15, 0.2) is 6.29 Å². The molecule has 3 N–H and O–H groups in total. The number of anilines is 1. The molecule has 0 bridgehead atoms. The highest BCUT2D eigenvalue weighted by molar-refractivity contribution is 5.48. The lowest BCUT2D eigenvalue weighted by molar-refractivity contribution is -0.113. The summed E-state index contributed by atoms with van der Waals surface area (Å²) >= 11 is 0. The van der Waals surface area contributed by atoms with Crippen LogP contribution in [0.1, 0.15) is 13.3 Å². The molecular formula is C14H24N2O3. The molecule has 0 heterocycles. The van der Waals surface area contributed by atoms with Crippen molar-refractivity contribution in [1.29, 1.82) is 0 Å². The Balaban J connectivity index is 2.72. The van der Waals surface area contributed by atoms with Crippen molar-refractivity contribution in [1.82, 2.24) is 0 Å². The van der Waals surface area contributed by atoms with E-state index in [1.54, 1.807) is 21.3 Å². The van der Waals surface area contributed by atoms with Gasteiger partial charge in [-0.1, -0.05) is 0 Å². The number of hydrogen-bond acceptors (Lipinski definition) is 5. The molecule has 0 saturated carbocycles. The molecular weight excluding hydrogens is 244 g/mol. The van der Waals surface area contributed by atoms with Crippen LogP contribution in [0, 0.1) is 0 Å². The summed E-state index contributed by atoms with van der Waals surface area (Å²) < 4.78 is 15.6. The fourth-order valence-corrected chi connectivity index (χ4v) is 1.84. The minimum Gasteiger partial charge on any atom is -0.497 e. The summed E-state index contributed by atoms with van der Waals surface area (Å²) in [6.07, 6.45) is 0.377. The van der Waals surface area contributed by atoms with Crippen molar-refractivity contribution in [3.05, 3.63) is 24.3 Å². The van der Waals surface area contributed by atoms with Crippen LogP contribution < -0.4 is 15.8 Å². The number of rotatable bonds is 8. The van der Waals surface area contributed by atoms with Crippen LogP contribution in [-0.4, -0.2) is 39.7 Å². The van der Waals surface area contributed by atoms with E-state index in [1.165, 1.54) is 0 Å². The third kappa shape index (κ3) is 4.70. The number of benzene rings is 1. The van der Waals surface area contributed by atoms with E-state index in [9.17, 15) is 0 Å². The molecule has 0 aliphatic rings. The first-order valence-electron chi connectivity index (χ1n) is 6.25. The molecule has 19 heavy (non-hydrogen) atoms. The van der Waals surface area contributed by atoms with Gasteiger partial charge in [0.2, 0.25) is 0 Å². The summed E-state index contributed by atoms with van der Waals surface area (Å²) in [7, 11) is 4.89. The third-order valence-electron chi connectivity index (χ3n) is 3.13. The minimum atomic E-state index is -0.300. The summed E-state index contributed by atoms with van der Waals surface area (Å²) in [6, 6.07) is 7.73. The largest absolute Gasteiger partial charge is 0.497 e. The molecule has 0 aliphatic carbocycles. The number of ether oxygens (including phenoxy) is 3. The Bertz CT molecular complexity index is 365. The predicted octanol–water partition coefficient (Wildman–Crippen LogP) is 1.83. The molecule has 0 saturated heterocycles. The molecule has 1 aromatic carbocycles. The van der Waals surface area contributed by atoms with Gasteiger partial charge in [-0.15, -0.1) is 0 Å². The standard InChI is InChI=1S/C14H24N2O3/c1-14(10-15,9-13(18-3)19-4)16-11-5-7-12(17-2)8-6-11/h5-8,13,16H,9-10,15H2,1-4H3. The van der Waals surface area contributed by atoms with E-state index in [2.05, 4.69) is 5.32 Å². The van der Waals surface area contributed by atoms with Crippen LogP contribution >= 0.6 is 0 Å². The molecule has 5 nitrogen and oxygen atoms in total. The maximum Gasteiger partial charge on any atom is 0.159 e. The quantitative estimate of drug-likeness (QED) is 0.704. The first-order chi connectivity index (χ1) is 9.06. The van der Waals surface area contributed by atoms with E-state index in [0.717, 1.165) is 11.4 Å². The Morgan fingerprint density at radius 3 is 2.16 bits per heavy atom. The molecule has 0 radical (unpaired) electrons. The van der Waals surface area contributed by atoms with Crippen molar-refractivity contribution in [2.45, 2.75) is 25.2 Å². The Morgan fingerprint density at radius 1 is 1.16 bits per heavy atom. The highest BCUT2D eigenvalue weighted by Gasteiger charge is 2.26. The summed E-state index contributed by atoms with van der Waals surface area (Å²) in [4.78, 5) is 0. The van der Waals surface area contributed by atoms with Crippen molar-refractivity contribution >= 4 is 5.69 Å². The molecule has 1 aromatic rings.